The van der Waals surface area contributed by atoms with Gasteiger partial charge in [0.25, 0.3) is 0 Å². The Hall–Kier alpha value is -4.51. The van der Waals surface area contributed by atoms with E-state index in [1.165, 1.54) is 31.7 Å². The molecule has 35 heavy (non-hydrogen) atoms. The lowest BCUT2D eigenvalue weighted by molar-refractivity contribution is -0.166. The summed E-state index contributed by atoms with van der Waals surface area (Å²) in [5.41, 5.74) is 1.18. The minimum Gasteiger partial charge on any atom is -0.463 e. The van der Waals surface area contributed by atoms with Gasteiger partial charge in [0, 0.05) is 33.2 Å². The summed E-state index contributed by atoms with van der Waals surface area (Å²) in [6, 6.07) is 3.66. The van der Waals surface area contributed by atoms with Crippen molar-refractivity contribution in [2.75, 3.05) is 11.9 Å². The third-order valence-electron chi connectivity index (χ3n) is 5.00. The van der Waals surface area contributed by atoms with E-state index in [2.05, 4.69) is 25.3 Å². The summed E-state index contributed by atoms with van der Waals surface area (Å²) in [6.45, 7) is 3.35. The number of aromatic nitrogens is 5. The number of nitrogens with one attached hydrogen (secondary N) is 2. The van der Waals surface area contributed by atoms with Crippen molar-refractivity contribution in [2.24, 2.45) is 0 Å². The van der Waals surface area contributed by atoms with Gasteiger partial charge in [-0.05, 0) is 6.07 Å². The Morgan fingerprint density at radius 3 is 2.54 bits per heavy atom. The Morgan fingerprint density at radius 2 is 1.91 bits per heavy atom. The van der Waals surface area contributed by atoms with Crippen molar-refractivity contribution in [1.29, 1.82) is 5.26 Å². The Labute approximate surface area is 198 Å². The number of anilines is 2. The second kappa shape index (κ2) is 9.77. The zero-order chi connectivity index (χ0) is 25.1. The SMILES string of the molecule is CC(=O)OC[C@H]1O[C@@H](n2cnc3c(Nc4cc[nH]c4)nc(C#N)nc32)[C@H](OC(C)=O)[C@@H]1OC(C)=O. The average Bonchev–Trinajstić information content (AvgIpc) is 3.52. The monoisotopic (exact) mass is 483 g/mol. The van der Waals surface area contributed by atoms with Gasteiger partial charge in [-0.2, -0.15) is 15.2 Å². The number of H-pyrrole nitrogens is 1. The van der Waals surface area contributed by atoms with Crippen LogP contribution in [0.4, 0.5) is 11.5 Å². The lowest BCUT2D eigenvalue weighted by Gasteiger charge is -2.23. The number of aromatic amines is 1. The van der Waals surface area contributed by atoms with Crippen molar-refractivity contribution < 1.29 is 33.3 Å². The van der Waals surface area contributed by atoms with Gasteiger partial charge in [0.05, 0.1) is 12.0 Å². The molecule has 1 fully saturated rings. The molecule has 0 amide bonds. The van der Waals surface area contributed by atoms with Gasteiger partial charge in [-0.25, -0.2) is 4.98 Å². The molecule has 14 heteroatoms. The van der Waals surface area contributed by atoms with Gasteiger partial charge in [-0.1, -0.05) is 0 Å². The van der Waals surface area contributed by atoms with Gasteiger partial charge in [0.15, 0.2) is 35.4 Å². The molecule has 0 aliphatic carbocycles. The van der Waals surface area contributed by atoms with E-state index in [0.717, 1.165) is 0 Å². The van der Waals surface area contributed by atoms with Crippen LogP contribution in [0.3, 0.4) is 0 Å². The average molecular weight is 483 g/mol. The van der Waals surface area contributed by atoms with E-state index in [1.807, 2.05) is 6.07 Å². The summed E-state index contributed by atoms with van der Waals surface area (Å²) < 4.78 is 23.4. The standard InChI is InChI=1S/C21H21N7O7/c1-10(29)32-8-14-17(33-11(2)30)18(34-12(3)31)21(35-14)28-9-24-16-19(25-13-4-5-23-7-13)26-15(6-22)27-20(16)28/h4-5,7,9,14,17-18,21,23H,8H2,1-3H3,(H,25,26,27)/t14-,17-,18-,21-/m1/s1. The predicted octanol–water partition coefficient (Wildman–Crippen LogP) is 1.09. The van der Waals surface area contributed by atoms with Gasteiger partial charge < -0.3 is 29.2 Å². The second-order valence-electron chi connectivity index (χ2n) is 7.57. The van der Waals surface area contributed by atoms with Gasteiger partial charge in [-0.15, -0.1) is 0 Å². The van der Waals surface area contributed by atoms with Crippen LogP contribution in [0.2, 0.25) is 0 Å². The quantitative estimate of drug-likeness (QED) is 0.361. The maximum Gasteiger partial charge on any atom is 0.303 e. The molecule has 2 N–H and O–H groups in total. The van der Waals surface area contributed by atoms with Crippen molar-refractivity contribution >= 4 is 40.6 Å². The Morgan fingerprint density at radius 1 is 1.17 bits per heavy atom. The maximum atomic E-state index is 11.9. The smallest absolute Gasteiger partial charge is 0.303 e. The van der Waals surface area contributed by atoms with Crippen LogP contribution >= 0.6 is 0 Å². The van der Waals surface area contributed by atoms with E-state index in [4.69, 9.17) is 18.9 Å². The summed E-state index contributed by atoms with van der Waals surface area (Å²) in [5.74, 6) is -1.75. The van der Waals surface area contributed by atoms with E-state index >= 15 is 0 Å². The molecule has 1 saturated heterocycles. The minimum absolute atomic E-state index is 0.146. The molecule has 4 atom stereocenters. The van der Waals surface area contributed by atoms with Crippen molar-refractivity contribution in [3.05, 3.63) is 30.6 Å². The lowest BCUT2D eigenvalue weighted by Crippen LogP contribution is -2.40. The summed E-state index contributed by atoms with van der Waals surface area (Å²) in [4.78, 5) is 50.8. The zero-order valence-electron chi connectivity index (χ0n) is 18.9. The molecule has 0 saturated carbocycles. The van der Waals surface area contributed by atoms with Crippen LogP contribution in [0.25, 0.3) is 11.2 Å². The highest BCUT2D eigenvalue weighted by atomic mass is 16.7. The van der Waals surface area contributed by atoms with Crippen LogP contribution in [0.15, 0.2) is 24.8 Å². The number of ether oxygens (including phenoxy) is 4. The number of carbonyl (C=O) groups is 3. The molecule has 1 aliphatic rings. The van der Waals surface area contributed by atoms with Gasteiger partial charge in [0.2, 0.25) is 5.82 Å². The molecular formula is C21H21N7O7. The number of carbonyl (C=O) groups excluding carboxylic acids is 3. The first kappa shape index (κ1) is 23.6. The number of fused-ring (bicyclic) bond motifs is 1. The summed E-state index contributed by atoms with van der Waals surface area (Å²) in [6.07, 6.45) is 0.530. The number of imidazole rings is 1. The first-order valence-electron chi connectivity index (χ1n) is 10.4. The molecule has 3 aromatic rings. The molecule has 0 radical (unpaired) electrons. The van der Waals surface area contributed by atoms with Crippen molar-refractivity contribution in [3.63, 3.8) is 0 Å². The Kier molecular flexibility index (Phi) is 6.60. The van der Waals surface area contributed by atoms with Crippen LogP contribution in [-0.2, 0) is 33.3 Å². The van der Waals surface area contributed by atoms with Crippen LogP contribution in [-0.4, -0.2) is 67.3 Å². The maximum absolute atomic E-state index is 11.9. The molecule has 0 unspecified atom stereocenters. The topological polar surface area (TPSA) is 183 Å². The van der Waals surface area contributed by atoms with E-state index < -0.39 is 42.4 Å². The van der Waals surface area contributed by atoms with Gasteiger partial charge >= 0.3 is 17.9 Å². The summed E-state index contributed by atoms with van der Waals surface area (Å²) >= 11 is 0. The van der Waals surface area contributed by atoms with Crippen LogP contribution in [0.5, 0.6) is 0 Å². The van der Waals surface area contributed by atoms with E-state index in [0.29, 0.717) is 11.2 Å². The second-order valence-corrected chi connectivity index (χ2v) is 7.57. The minimum atomic E-state index is -1.13. The highest BCUT2D eigenvalue weighted by Gasteiger charge is 2.51. The first-order valence-corrected chi connectivity index (χ1v) is 10.4. The van der Waals surface area contributed by atoms with Crippen LogP contribution < -0.4 is 5.32 Å². The fourth-order valence-electron chi connectivity index (χ4n) is 3.70. The Balaban J connectivity index is 1.78. The molecule has 1 aliphatic heterocycles. The number of hydrogen-bond donors (Lipinski definition) is 2. The number of hydrogen-bond acceptors (Lipinski definition) is 12. The molecule has 4 rings (SSSR count). The predicted molar refractivity (Wildman–Crippen MR) is 116 cm³/mol. The first-order chi connectivity index (χ1) is 16.8. The third kappa shape index (κ3) is 5.04. The molecule has 0 spiro atoms. The van der Waals surface area contributed by atoms with Crippen LogP contribution in [0, 0.1) is 11.3 Å². The van der Waals surface area contributed by atoms with E-state index in [9.17, 15) is 19.6 Å². The normalized spacial score (nSPS) is 21.3. The number of rotatable bonds is 7. The summed E-state index contributed by atoms with van der Waals surface area (Å²) in [7, 11) is 0. The van der Waals surface area contributed by atoms with E-state index in [-0.39, 0.29) is 23.9 Å². The molecule has 3 aromatic heterocycles. The number of nitriles is 1. The highest BCUT2D eigenvalue weighted by Crippen LogP contribution is 2.36. The van der Waals surface area contributed by atoms with Crippen molar-refractivity contribution in [2.45, 2.75) is 45.3 Å². The molecule has 182 valence electrons. The fraction of sp³-hybridized carbons (Fsp3) is 0.381. The molecule has 14 nitrogen and oxygen atoms in total. The van der Waals surface area contributed by atoms with Crippen LogP contribution in [0.1, 0.15) is 32.8 Å². The van der Waals surface area contributed by atoms with Gasteiger partial charge in [-0.3, -0.25) is 19.0 Å². The third-order valence-corrected chi connectivity index (χ3v) is 5.00. The van der Waals surface area contributed by atoms with Crippen molar-refractivity contribution in [1.82, 2.24) is 24.5 Å². The highest BCUT2D eigenvalue weighted by molar-refractivity contribution is 5.85. The Bertz CT molecular complexity index is 1300. The lowest BCUT2D eigenvalue weighted by atomic mass is 10.1. The number of esters is 3. The molecule has 0 aromatic carbocycles. The summed E-state index contributed by atoms with van der Waals surface area (Å²) in [5, 5.41) is 12.5. The van der Waals surface area contributed by atoms with Crippen molar-refractivity contribution in [3.8, 4) is 6.07 Å². The fourth-order valence-corrected chi connectivity index (χ4v) is 3.70. The largest absolute Gasteiger partial charge is 0.463 e. The molecular weight excluding hydrogens is 462 g/mol. The zero-order valence-corrected chi connectivity index (χ0v) is 18.9. The van der Waals surface area contributed by atoms with E-state index in [1.54, 1.807) is 18.5 Å². The molecule has 4 heterocycles. The molecule has 0 bridgehead atoms. The number of nitrogens with zero attached hydrogens (tertiary/aromatic N) is 5. The van der Waals surface area contributed by atoms with Gasteiger partial charge in [0.1, 0.15) is 18.8 Å².